The lowest BCUT2D eigenvalue weighted by molar-refractivity contribution is 0.339. The molecule has 1 aromatic carbocycles. The second-order valence-electron chi connectivity index (χ2n) is 3.44. The second-order valence-corrected chi connectivity index (χ2v) is 5.70. The summed E-state index contributed by atoms with van der Waals surface area (Å²) >= 11 is 0. The minimum atomic E-state index is -3.06. The van der Waals surface area contributed by atoms with Gasteiger partial charge in [-0.2, -0.15) is 0 Å². The van der Waals surface area contributed by atoms with Crippen LogP contribution in [-0.2, 0) is 16.4 Å². The summed E-state index contributed by atoms with van der Waals surface area (Å²) in [7, 11) is -3.06. The molecule has 0 aliphatic carbocycles. The van der Waals surface area contributed by atoms with Gasteiger partial charge in [-0.15, -0.1) is 0 Å². The van der Waals surface area contributed by atoms with Crippen LogP contribution in [0.5, 0.6) is 5.75 Å². The van der Waals surface area contributed by atoms with Crippen molar-refractivity contribution >= 4 is 9.84 Å². The largest absolute Gasteiger partial charge is 0.492 e. The molecule has 90 valence electrons. The third-order valence-electron chi connectivity index (χ3n) is 1.97. The van der Waals surface area contributed by atoms with E-state index in [1.807, 2.05) is 0 Å². The van der Waals surface area contributed by atoms with Crippen molar-refractivity contribution in [2.24, 2.45) is 5.73 Å². The number of hydrogen-bond donors (Lipinski definition) is 1. The molecule has 2 N–H and O–H groups in total. The molecule has 16 heavy (non-hydrogen) atoms. The zero-order valence-electron chi connectivity index (χ0n) is 8.94. The van der Waals surface area contributed by atoms with Crippen LogP contribution in [0.25, 0.3) is 0 Å². The predicted molar refractivity (Wildman–Crippen MR) is 59.5 cm³/mol. The Labute approximate surface area is 94.1 Å². The first-order valence-electron chi connectivity index (χ1n) is 4.71. The first kappa shape index (κ1) is 12.9. The minimum Gasteiger partial charge on any atom is -0.492 e. The van der Waals surface area contributed by atoms with Crippen LogP contribution < -0.4 is 10.5 Å². The Morgan fingerprint density at radius 1 is 1.44 bits per heavy atom. The van der Waals surface area contributed by atoms with Crippen LogP contribution in [0.2, 0.25) is 0 Å². The summed E-state index contributed by atoms with van der Waals surface area (Å²) in [6.45, 7) is 0.135. The van der Waals surface area contributed by atoms with Gasteiger partial charge in [0.1, 0.15) is 18.2 Å². The van der Waals surface area contributed by atoms with Crippen molar-refractivity contribution in [3.05, 3.63) is 29.6 Å². The van der Waals surface area contributed by atoms with E-state index >= 15 is 0 Å². The van der Waals surface area contributed by atoms with Gasteiger partial charge >= 0.3 is 0 Å². The molecule has 1 rings (SSSR count). The van der Waals surface area contributed by atoms with E-state index in [1.54, 1.807) is 6.07 Å². The predicted octanol–water partition coefficient (Wildman–Crippen LogP) is 0.708. The summed E-state index contributed by atoms with van der Waals surface area (Å²) < 4.78 is 40.0. The lowest BCUT2D eigenvalue weighted by atomic mass is 10.2. The molecule has 0 bridgehead atoms. The van der Waals surface area contributed by atoms with Gasteiger partial charge in [-0.1, -0.05) is 6.07 Å². The van der Waals surface area contributed by atoms with E-state index in [2.05, 4.69) is 0 Å². The van der Waals surface area contributed by atoms with E-state index in [0.717, 1.165) is 6.26 Å². The highest BCUT2D eigenvalue weighted by Gasteiger charge is 2.05. The topological polar surface area (TPSA) is 69.4 Å². The van der Waals surface area contributed by atoms with Crippen LogP contribution in [0.15, 0.2) is 18.2 Å². The van der Waals surface area contributed by atoms with E-state index in [9.17, 15) is 12.8 Å². The highest BCUT2D eigenvalue weighted by atomic mass is 32.2. The number of nitrogens with two attached hydrogens (primary N) is 1. The molecule has 4 nitrogen and oxygen atoms in total. The van der Waals surface area contributed by atoms with Crippen molar-refractivity contribution < 1.29 is 17.5 Å². The van der Waals surface area contributed by atoms with E-state index in [-0.39, 0.29) is 18.9 Å². The van der Waals surface area contributed by atoms with Crippen LogP contribution in [0, 0.1) is 5.82 Å². The molecule has 0 radical (unpaired) electrons. The molecule has 0 aliphatic heterocycles. The van der Waals surface area contributed by atoms with Gasteiger partial charge < -0.3 is 10.5 Å². The Morgan fingerprint density at radius 2 is 2.12 bits per heavy atom. The molecule has 1 aromatic rings. The van der Waals surface area contributed by atoms with E-state index in [4.69, 9.17) is 10.5 Å². The highest BCUT2D eigenvalue weighted by molar-refractivity contribution is 7.90. The van der Waals surface area contributed by atoms with Crippen molar-refractivity contribution in [3.8, 4) is 5.75 Å². The van der Waals surface area contributed by atoms with Gasteiger partial charge in [-0.25, -0.2) is 12.8 Å². The third kappa shape index (κ3) is 4.16. The van der Waals surface area contributed by atoms with Crippen molar-refractivity contribution in [2.45, 2.75) is 6.54 Å². The molecule has 0 aromatic heterocycles. The average molecular weight is 247 g/mol. The summed E-state index contributed by atoms with van der Waals surface area (Å²) in [6, 6.07) is 4.28. The van der Waals surface area contributed by atoms with Gasteiger partial charge in [-0.05, 0) is 6.07 Å². The lowest BCUT2D eigenvalue weighted by Crippen LogP contribution is -2.12. The van der Waals surface area contributed by atoms with Crippen molar-refractivity contribution in [3.63, 3.8) is 0 Å². The number of sulfone groups is 1. The summed E-state index contributed by atoms with van der Waals surface area (Å²) in [5, 5.41) is 0. The molecule has 0 saturated heterocycles. The Balaban J connectivity index is 2.59. The first-order valence-corrected chi connectivity index (χ1v) is 6.77. The van der Waals surface area contributed by atoms with Gasteiger partial charge in [0, 0.05) is 24.4 Å². The monoisotopic (exact) mass is 247 g/mol. The third-order valence-corrected chi connectivity index (χ3v) is 2.88. The normalized spacial score (nSPS) is 11.4. The minimum absolute atomic E-state index is 0.0141. The number of rotatable bonds is 5. The zero-order valence-corrected chi connectivity index (χ0v) is 9.76. The van der Waals surface area contributed by atoms with Crippen LogP contribution in [0.3, 0.4) is 0 Å². The van der Waals surface area contributed by atoms with Gasteiger partial charge in [0.25, 0.3) is 0 Å². The molecule has 0 fully saturated rings. The van der Waals surface area contributed by atoms with E-state index < -0.39 is 15.7 Å². The fourth-order valence-corrected chi connectivity index (χ4v) is 1.48. The Kier molecular flexibility index (Phi) is 4.26. The van der Waals surface area contributed by atoms with Gasteiger partial charge in [0.15, 0.2) is 9.84 Å². The van der Waals surface area contributed by atoms with E-state index in [0.29, 0.717) is 11.3 Å². The summed E-state index contributed by atoms with van der Waals surface area (Å²) in [5.41, 5.74) is 5.70. The van der Waals surface area contributed by atoms with Gasteiger partial charge in [0.2, 0.25) is 0 Å². The van der Waals surface area contributed by atoms with Crippen molar-refractivity contribution in [2.75, 3.05) is 18.6 Å². The smallest absolute Gasteiger partial charge is 0.150 e. The Bertz CT molecular complexity index is 459. The molecule has 0 amide bonds. The number of halogens is 1. The van der Waals surface area contributed by atoms with Crippen molar-refractivity contribution in [1.82, 2.24) is 0 Å². The fraction of sp³-hybridized carbons (Fsp3) is 0.400. The van der Waals surface area contributed by atoms with Crippen LogP contribution >= 0.6 is 0 Å². The van der Waals surface area contributed by atoms with Crippen LogP contribution in [0.4, 0.5) is 4.39 Å². The molecular weight excluding hydrogens is 233 g/mol. The number of hydrogen-bond acceptors (Lipinski definition) is 4. The molecule has 0 unspecified atom stereocenters. The molecule has 0 saturated carbocycles. The SMILES string of the molecule is CS(=O)(=O)CCOc1ccc(CN)c(F)c1. The number of ether oxygens (including phenoxy) is 1. The molecule has 0 spiro atoms. The summed E-state index contributed by atoms with van der Waals surface area (Å²) in [6.07, 6.45) is 1.12. The lowest BCUT2D eigenvalue weighted by Gasteiger charge is -2.06. The first-order chi connectivity index (χ1) is 7.42. The van der Waals surface area contributed by atoms with Crippen LogP contribution in [-0.4, -0.2) is 27.0 Å². The van der Waals surface area contributed by atoms with Gasteiger partial charge in [0.05, 0.1) is 5.75 Å². The summed E-state index contributed by atoms with van der Waals surface area (Å²) in [4.78, 5) is 0. The maximum Gasteiger partial charge on any atom is 0.150 e. The van der Waals surface area contributed by atoms with Crippen molar-refractivity contribution in [1.29, 1.82) is 0 Å². The maximum atomic E-state index is 13.2. The molecule has 0 aliphatic rings. The zero-order chi connectivity index (χ0) is 12.2. The maximum absolute atomic E-state index is 13.2. The quantitative estimate of drug-likeness (QED) is 0.832. The number of benzene rings is 1. The molecular formula is C10H14FNO3S. The highest BCUT2D eigenvalue weighted by Crippen LogP contribution is 2.16. The second kappa shape index (κ2) is 5.27. The van der Waals surface area contributed by atoms with E-state index in [1.165, 1.54) is 12.1 Å². The van der Waals surface area contributed by atoms with Gasteiger partial charge in [-0.3, -0.25) is 0 Å². The summed E-state index contributed by atoms with van der Waals surface area (Å²) in [5.74, 6) is -0.231. The molecule has 0 atom stereocenters. The molecule has 6 heteroatoms. The standard InChI is InChI=1S/C10H14FNO3S/c1-16(13,14)5-4-15-9-3-2-8(7-12)10(11)6-9/h2-3,6H,4-5,7,12H2,1H3. The van der Waals surface area contributed by atoms with Crippen LogP contribution in [0.1, 0.15) is 5.56 Å². The average Bonchev–Trinajstić information content (AvgIpc) is 2.16. The Hall–Kier alpha value is -1.14. The fourth-order valence-electron chi connectivity index (χ4n) is 1.09. The molecule has 0 heterocycles. The Morgan fingerprint density at radius 3 is 2.62 bits per heavy atom.